The summed E-state index contributed by atoms with van der Waals surface area (Å²) in [7, 11) is 2.16. The lowest BCUT2D eigenvalue weighted by Crippen LogP contribution is -2.40. The van der Waals surface area contributed by atoms with Gasteiger partial charge in [-0.15, -0.1) is 0 Å². The van der Waals surface area contributed by atoms with E-state index in [2.05, 4.69) is 49.1 Å². The van der Waals surface area contributed by atoms with Gasteiger partial charge >= 0.3 is 0 Å². The molecular weight excluding hydrogens is 222 g/mol. The van der Waals surface area contributed by atoms with Crippen LogP contribution in [0.1, 0.15) is 39.3 Å². The van der Waals surface area contributed by atoms with Gasteiger partial charge in [0.1, 0.15) is 0 Å². The minimum Gasteiger partial charge on any atom is -0.313 e. The lowest BCUT2D eigenvalue weighted by Gasteiger charge is -2.26. The van der Waals surface area contributed by atoms with Crippen molar-refractivity contribution in [2.24, 2.45) is 0 Å². The summed E-state index contributed by atoms with van der Waals surface area (Å²) in [5.74, 6) is 0. The van der Waals surface area contributed by atoms with Gasteiger partial charge in [-0.2, -0.15) is 0 Å². The third kappa shape index (κ3) is 5.61. The molecule has 0 bridgehead atoms. The van der Waals surface area contributed by atoms with Crippen molar-refractivity contribution in [3.63, 3.8) is 0 Å². The number of nitrogens with one attached hydrogen (secondary N) is 1. The minimum absolute atomic E-state index is 0.520. The molecule has 2 unspecified atom stereocenters. The van der Waals surface area contributed by atoms with Gasteiger partial charge in [0.2, 0.25) is 0 Å². The molecule has 1 aromatic heterocycles. The molecule has 0 aliphatic carbocycles. The van der Waals surface area contributed by atoms with Gasteiger partial charge in [0.15, 0.2) is 0 Å². The maximum atomic E-state index is 4.36. The summed E-state index contributed by atoms with van der Waals surface area (Å²) in [5, 5.41) is 3.59. The Balaban J connectivity index is 2.30. The predicted molar refractivity (Wildman–Crippen MR) is 77.5 cm³/mol. The van der Waals surface area contributed by atoms with Gasteiger partial charge in [-0.25, -0.2) is 0 Å². The molecule has 0 saturated carbocycles. The zero-order chi connectivity index (χ0) is 13.4. The van der Waals surface area contributed by atoms with Crippen LogP contribution in [0.25, 0.3) is 0 Å². The second-order valence-electron chi connectivity index (χ2n) is 5.18. The van der Waals surface area contributed by atoms with E-state index in [9.17, 15) is 0 Å². The second kappa shape index (κ2) is 8.22. The molecule has 102 valence electrons. The zero-order valence-electron chi connectivity index (χ0n) is 12.2. The van der Waals surface area contributed by atoms with Crippen LogP contribution in [0, 0.1) is 0 Å². The monoisotopic (exact) mass is 249 g/mol. The van der Waals surface area contributed by atoms with Gasteiger partial charge in [-0.1, -0.05) is 19.4 Å². The van der Waals surface area contributed by atoms with E-state index in [4.69, 9.17) is 0 Å². The molecule has 0 fully saturated rings. The Morgan fingerprint density at radius 1 is 1.33 bits per heavy atom. The molecule has 0 aromatic carbocycles. The predicted octanol–water partition coefficient (Wildman–Crippen LogP) is 2.68. The van der Waals surface area contributed by atoms with Gasteiger partial charge in [0.25, 0.3) is 0 Å². The molecule has 0 spiro atoms. The average molecular weight is 249 g/mol. The number of aromatic nitrogens is 1. The normalized spacial score (nSPS) is 14.7. The number of hydrogen-bond donors (Lipinski definition) is 1. The van der Waals surface area contributed by atoms with Crippen molar-refractivity contribution in [2.45, 2.75) is 52.2 Å². The number of rotatable bonds is 8. The first-order valence-corrected chi connectivity index (χ1v) is 6.97. The Morgan fingerprint density at radius 3 is 2.72 bits per heavy atom. The summed E-state index contributed by atoms with van der Waals surface area (Å²) < 4.78 is 0. The van der Waals surface area contributed by atoms with Crippen LogP contribution in [0.4, 0.5) is 0 Å². The van der Waals surface area contributed by atoms with Crippen LogP contribution < -0.4 is 5.32 Å². The number of nitrogens with zero attached hydrogens (tertiary/aromatic N) is 2. The molecule has 0 saturated heterocycles. The van der Waals surface area contributed by atoms with Crippen molar-refractivity contribution in [3.8, 4) is 0 Å². The summed E-state index contributed by atoms with van der Waals surface area (Å²) in [6, 6.07) is 7.21. The molecule has 1 heterocycles. The topological polar surface area (TPSA) is 28.2 Å². The highest BCUT2D eigenvalue weighted by molar-refractivity contribution is 5.03. The van der Waals surface area contributed by atoms with Crippen LogP contribution in [0.3, 0.4) is 0 Å². The van der Waals surface area contributed by atoms with E-state index in [0.717, 1.165) is 18.8 Å². The SMILES string of the molecule is CCCC(C)NCC(C)N(C)Cc1ccccn1. The molecule has 0 radical (unpaired) electrons. The summed E-state index contributed by atoms with van der Waals surface area (Å²) in [5.41, 5.74) is 1.13. The average Bonchev–Trinajstić information content (AvgIpc) is 2.37. The smallest absolute Gasteiger partial charge is 0.0543 e. The van der Waals surface area contributed by atoms with E-state index in [1.54, 1.807) is 0 Å². The van der Waals surface area contributed by atoms with Crippen LogP contribution in [-0.2, 0) is 6.54 Å². The summed E-state index contributed by atoms with van der Waals surface area (Å²) in [6.45, 7) is 8.69. The molecule has 18 heavy (non-hydrogen) atoms. The van der Waals surface area contributed by atoms with Crippen LogP contribution in [0.15, 0.2) is 24.4 Å². The molecule has 1 N–H and O–H groups in total. The zero-order valence-corrected chi connectivity index (χ0v) is 12.2. The Morgan fingerprint density at radius 2 is 2.11 bits per heavy atom. The number of pyridine rings is 1. The fourth-order valence-electron chi connectivity index (χ4n) is 1.97. The first-order chi connectivity index (χ1) is 8.63. The van der Waals surface area contributed by atoms with Crippen LogP contribution in [0.2, 0.25) is 0 Å². The van der Waals surface area contributed by atoms with Crippen molar-refractivity contribution < 1.29 is 0 Å². The lowest BCUT2D eigenvalue weighted by atomic mass is 10.2. The van der Waals surface area contributed by atoms with E-state index < -0.39 is 0 Å². The Kier molecular flexibility index (Phi) is 6.91. The third-order valence-electron chi connectivity index (χ3n) is 3.37. The number of hydrogen-bond acceptors (Lipinski definition) is 3. The Labute approximate surface area is 112 Å². The first kappa shape index (κ1) is 15.1. The quantitative estimate of drug-likeness (QED) is 0.768. The van der Waals surface area contributed by atoms with E-state index in [0.29, 0.717) is 12.1 Å². The summed E-state index contributed by atoms with van der Waals surface area (Å²) >= 11 is 0. The van der Waals surface area contributed by atoms with Crippen molar-refractivity contribution in [1.82, 2.24) is 15.2 Å². The maximum absolute atomic E-state index is 4.36. The Bertz CT molecular complexity index is 313. The van der Waals surface area contributed by atoms with E-state index in [1.165, 1.54) is 12.8 Å². The molecule has 0 aliphatic rings. The van der Waals surface area contributed by atoms with Crippen LogP contribution in [0.5, 0.6) is 0 Å². The van der Waals surface area contributed by atoms with E-state index in [1.807, 2.05) is 18.3 Å². The molecule has 1 aromatic rings. The third-order valence-corrected chi connectivity index (χ3v) is 3.37. The molecule has 0 amide bonds. The van der Waals surface area contributed by atoms with Crippen LogP contribution in [-0.4, -0.2) is 35.6 Å². The van der Waals surface area contributed by atoms with Crippen molar-refractivity contribution in [3.05, 3.63) is 30.1 Å². The molecule has 0 aliphatic heterocycles. The van der Waals surface area contributed by atoms with Gasteiger partial charge in [0, 0.05) is 31.4 Å². The van der Waals surface area contributed by atoms with Gasteiger partial charge in [-0.05, 0) is 39.4 Å². The highest BCUT2D eigenvalue weighted by Crippen LogP contribution is 2.03. The molecule has 3 nitrogen and oxygen atoms in total. The standard InChI is InChI=1S/C15H27N3/c1-5-8-13(2)17-11-14(3)18(4)12-15-9-6-7-10-16-15/h6-7,9-10,13-14,17H,5,8,11-12H2,1-4H3. The molecular formula is C15H27N3. The molecule has 2 atom stereocenters. The Hall–Kier alpha value is -0.930. The fraction of sp³-hybridized carbons (Fsp3) is 0.667. The van der Waals surface area contributed by atoms with E-state index in [-0.39, 0.29) is 0 Å². The summed E-state index contributed by atoms with van der Waals surface area (Å²) in [4.78, 5) is 6.70. The van der Waals surface area contributed by atoms with Crippen molar-refractivity contribution in [2.75, 3.05) is 13.6 Å². The highest BCUT2D eigenvalue weighted by atomic mass is 15.1. The fourth-order valence-corrected chi connectivity index (χ4v) is 1.97. The summed E-state index contributed by atoms with van der Waals surface area (Å²) in [6.07, 6.45) is 4.35. The van der Waals surface area contributed by atoms with Crippen molar-refractivity contribution in [1.29, 1.82) is 0 Å². The second-order valence-corrected chi connectivity index (χ2v) is 5.18. The molecule has 1 rings (SSSR count). The van der Waals surface area contributed by atoms with Gasteiger partial charge < -0.3 is 5.32 Å². The van der Waals surface area contributed by atoms with Gasteiger partial charge in [-0.3, -0.25) is 9.88 Å². The van der Waals surface area contributed by atoms with Crippen molar-refractivity contribution >= 4 is 0 Å². The first-order valence-electron chi connectivity index (χ1n) is 6.97. The van der Waals surface area contributed by atoms with Crippen LogP contribution >= 0.6 is 0 Å². The lowest BCUT2D eigenvalue weighted by molar-refractivity contribution is 0.234. The minimum atomic E-state index is 0.520. The number of likely N-dealkylation sites (N-methyl/N-ethyl adjacent to an activating group) is 1. The molecule has 3 heteroatoms. The highest BCUT2D eigenvalue weighted by Gasteiger charge is 2.11. The van der Waals surface area contributed by atoms with E-state index >= 15 is 0 Å². The maximum Gasteiger partial charge on any atom is 0.0543 e. The van der Waals surface area contributed by atoms with Gasteiger partial charge in [0.05, 0.1) is 5.69 Å². The largest absolute Gasteiger partial charge is 0.313 e.